The third-order valence-corrected chi connectivity index (χ3v) is 3.84. The largest absolute Gasteiger partial charge is 0.354 e. The first-order valence-corrected chi connectivity index (χ1v) is 6.31. The Kier molecular flexibility index (Phi) is 3.54. The van der Waals surface area contributed by atoms with Crippen molar-refractivity contribution in [1.82, 2.24) is 5.32 Å². The van der Waals surface area contributed by atoms with Gasteiger partial charge in [-0.05, 0) is 18.1 Å². The number of benzene rings is 1. The Bertz CT molecular complexity index is 344. The van der Waals surface area contributed by atoms with Crippen LogP contribution in [0, 0.1) is 0 Å². The molecule has 0 fully saturated rings. The Morgan fingerprint density at radius 3 is 3.07 bits per heavy atom. The van der Waals surface area contributed by atoms with Crippen molar-refractivity contribution >= 4 is 29.3 Å². The molecule has 1 amide bonds. The molecule has 0 radical (unpaired) electrons. The minimum atomic E-state index is 0.0191. The van der Waals surface area contributed by atoms with Crippen LogP contribution < -0.4 is 5.32 Å². The fourth-order valence-corrected chi connectivity index (χ4v) is 2.93. The molecule has 1 aliphatic heterocycles. The van der Waals surface area contributed by atoms with Crippen LogP contribution in [-0.2, 0) is 11.2 Å². The zero-order chi connectivity index (χ0) is 10.7. The number of fused-ring (bicyclic) bond motifs is 1. The van der Waals surface area contributed by atoms with Crippen molar-refractivity contribution in [2.45, 2.75) is 16.6 Å². The molecule has 2 rings (SSSR count). The van der Waals surface area contributed by atoms with Gasteiger partial charge in [0.25, 0.3) is 0 Å². The van der Waals surface area contributed by atoms with Crippen LogP contribution in [0.15, 0.2) is 29.2 Å². The highest BCUT2D eigenvalue weighted by atomic mass is 35.5. The number of hydrogen-bond acceptors (Lipinski definition) is 2. The number of rotatable bonds is 3. The Morgan fingerprint density at radius 2 is 2.33 bits per heavy atom. The lowest BCUT2D eigenvalue weighted by Gasteiger charge is -2.07. The van der Waals surface area contributed by atoms with E-state index in [-0.39, 0.29) is 11.2 Å². The van der Waals surface area contributed by atoms with E-state index in [1.807, 2.05) is 12.1 Å². The van der Waals surface area contributed by atoms with E-state index in [1.165, 1.54) is 10.5 Å². The first kappa shape index (κ1) is 10.8. The predicted molar refractivity (Wildman–Crippen MR) is 63.5 cm³/mol. The smallest absolute Gasteiger partial charge is 0.233 e. The first-order valence-electron chi connectivity index (χ1n) is 4.89. The molecule has 0 aromatic heterocycles. The third-order valence-electron chi connectivity index (χ3n) is 2.33. The second-order valence-electron chi connectivity index (χ2n) is 3.40. The van der Waals surface area contributed by atoms with Crippen molar-refractivity contribution in [3.8, 4) is 0 Å². The van der Waals surface area contributed by atoms with E-state index in [0.29, 0.717) is 12.4 Å². The molecule has 2 nitrogen and oxygen atoms in total. The zero-order valence-electron chi connectivity index (χ0n) is 8.20. The molecule has 80 valence electrons. The number of alkyl halides is 1. The molecule has 1 atom stereocenters. The fraction of sp³-hybridized carbons (Fsp3) is 0.364. The molecule has 1 aromatic carbocycles. The van der Waals surface area contributed by atoms with Gasteiger partial charge in [0.1, 0.15) is 0 Å². The highest BCUT2D eigenvalue weighted by Crippen LogP contribution is 2.36. The number of halogens is 1. The lowest BCUT2D eigenvalue weighted by Crippen LogP contribution is -2.33. The topological polar surface area (TPSA) is 29.1 Å². The molecule has 1 aromatic rings. The molecule has 1 N–H and O–H groups in total. The molecule has 1 unspecified atom stereocenters. The third kappa shape index (κ3) is 2.47. The van der Waals surface area contributed by atoms with Crippen LogP contribution in [0.25, 0.3) is 0 Å². The second-order valence-corrected chi connectivity index (χ2v) is 5.02. The van der Waals surface area contributed by atoms with E-state index in [9.17, 15) is 4.79 Å². The molecule has 0 spiro atoms. The fourth-order valence-electron chi connectivity index (χ4n) is 1.61. The van der Waals surface area contributed by atoms with E-state index >= 15 is 0 Å². The van der Waals surface area contributed by atoms with Crippen LogP contribution >= 0.6 is 23.4 Å². The SMILES string of the molecule is O=C(NCCCl)C1Cc2ccccc2S1. The van der Waals surface area contributed by atoms with Gasteiger partial charge in [0.05, 0.1) is 5.25 Å². The maximum atomic E-state index is 11.7. The van der Waals surface area contributed by atoms with Gasteiger partial charge in [0.2, 0.25) is 5.91 Å². The van der Waals surface area contributed by atoms with Gasteiger partial charge < -0.3 is 5.32 Å². The molecule has 15 heavy (non-hydrogen) atoms. The number of nitrogens with one attached hydrogen (secondary N) is 1. The molecule has 1 aliphatic rings. The van der Waals surface area contributed by atoms with Crippen molar-refractivity contribution in [3.05, 3.63) is 29.8 Å². The maximum absolute atomic E-state index is 11.7. The van der Waals surface area contributed by atoms with Gasteiger partial charge in [0, 0.05) is 17.3 Å². The lowest BCUT2D eigenvalue weighted by atomic mass is 10.1. The van der Waals surface area contributed by atoms with Gasteiger partial charge in [-0.25, -0.2) is 0 Å². The Hall–Kier alpha value is -0.670. The van der Waals surface area contributed by atoms with Gasteiger partial charge in [0.15, 0.2) is 0 Å². The summed E-state index contributed by atoms with van der Waals surface area (Å²) in [5.41, 5.74) is 1.27. The molecular formula is C11H12ClNOS. The summed E-state index contributed by atoms with van der Waals surface area (Å²) in [5, 5.41) is 2.84. The molecule has 0 aliphatic carbocycles. The van der Waals surface area contributed by atoms with Gasteiger partial charge >= 0.3 is 0 Å². The van der Waals surface area contributed by atoms with E-state index in [0.717, 1.165) is 6.42 Å². The molecule has 4 heteroatoms. The summed E-state index contributed by atoms with van der Waals surface area (Å²) in [7, 11) is 0. The van der Waals surface area contributed by atoms with Crippen molar-refractivity contribution < 1.29 is 4.79 Å². The van der Waals surface area contributed by atoms with Crippen molar-refractivity contribution in [2.75, 3.05) is 12.4 Å². The standard InChI is InChI=1S/C11H12ClNOS/c12-5-6-13-11(14)10-7-8-3-1-2-4-9(8)15-10/h1-4,10H,5-7H2,(H,13,14). The second kappa shape index (κ2) is 4.90. The van der Waals surface area contributed by atoms with Crippen LogP contribution in [0.4, 0.5) is 0 Å². The van der Waals surface area contributed by atoms with E-state index in [1.54, 1.807) is 11.8 Å². The monoisotopic (exact) mass is 241 g/mol. The molecular weight excluding hydrogens is 230 g/mol. The maximum Gasteiger partial charge on any atom is 0.233 e. The van der Waals surface area contributed by atoms with Crippen LogP contribution in [0.3, 0.4) is 0 Å². The number of carbonyl (C=O) groups excluding carboxylic acids is 1. The zero-order valence-corrected chi connectivity index (χ0v) is 9.77. The Labute approximate surface area is 98.4 Å². The van der Waals surface area contributed by atoms with Gasteiger partial charge in [-0.1, -0.05) is 18.2 Å². The summed E-state index contributed by atoms with van der Waals surface area (Å²) in [6, 6.07) is 8.16. The van der Waals surface area contributed by atoms with Crippen LogP contribution in [-0.4, -0.2) is 23.6 Å². The van der Waals surface area contributed by atoms with E-state index < -0.39 is 0 Å². The van der Waals surface area contributed by atoms with Crippen LogP contribution in [0.5, 0.6) is 0 Å². The summed E-state index contributed by atoms with van der Waals surface area (Å²) in [5.74, 6) is 0.563. The number of amides is 1. The molecule has 0 bridgehead atoms. The number of thioether (sulfide) groups is 1. The Balaban J connectivity index is 1.98. The normalized spacial score (nSPS) is 18.6. The van der Waals surface area contributed by atoms with Gasteiger partial charge in [-0.3, -0.25) is 4.79 Å². The first-order chi connectivity index (χ1) is 7.31. The summed E-state index contributed by atoms with van der Waals surface area (Å²) in [6.07, 6.45) is 0.828. The number of hydrogen-bond donors (Lipinski definition) is 1. The van der Waals surface area contributed by atoms with Crippen LogP contribution in [0.2, 0.25) is 0 Å². The van der Waals surface area contributed by atoms with Gasteiger partial charge in [-0.15, -0.1) is 23.4 Å². The molecule has 0 saturated heterocycles. The highest BCUT2D eigenvalue weighted by molar-refractivity contribution is 8.01. The van der Waals surface area contributed by atoms with Gasteiger partial charge in [-0.2, -0.15) is 0 Å². The predicted octanol–water partition coefficient (Wildman–Crippen LogP) is 2.06. The summed E-state index contributed by atoms with van der Waals surface area (Å²) < 4.78 is 0. The summed E-state index contributed by atoms with van der Waals surface area (Å²) >= 11 is 7.16. The lowest BCUT2D eigenvalue weighted by molar-refractivity contribution is -0.120. The van der Waals surface area contributed by atoms with Crippen molar-refractivity contribution in [1.29, 1.82) is 0 Å². The summed E-state index contributed by atoms with van der Waals surface area (Å²) in [4.78, 5) is 12.9. The molecule has 0 saturated carbocycles. The highest BCUT2D eigenvalue weighted by Gasteiger charge is 2.27. The average Bonchev–Trinajstić information content (AvgIpc) is 2.69. The number of carbonyl (C=O) groups is 1. The van der Waals surface area contributed by atoms with E-state index in [4.69, 9.17) is 11.6 Å². The minimum absolute atomic E-state index is 0.0191. The summed E-state index contributed by atoms with van der Waals surface area (Å²) in [6.45, 7) is 0.549. The minimum Gasteiger partial charge on any atom is -0.354 e. The van der Waals surface area contributed by atoms with Crippen molar-refractivity contribution in [2.24, 2.45) is 0 Å². The van der Waals surface area contributed by atoms with E-state index in [2.05, 4.69) is 17.4 Å². The van der Waals surface area contributed by atoms with Crippen LogP contribution in [0.1, 0.15) is 5.56 Å². The Morgan fingerprint density at radius 1 is 1.53 bits per heavy atom. The average molecular weight is 242 g/mol. The quantitative estimate of drug-likeness (QED) is 0.821. The van der Waals surface area contributed by atoms with Crippen molar-refractivity contribution in [3.63, 3.8) is 0 Å². The molecule has 1 heterocycles.